The third-order valence-electron chi connectivity index (χ3n) is 8.85. The molecule has 0 amide bonds. The van der Waals surface area contributed by atoms with Crippen molar-refractivity contribution in [3.8, 4) is 0 Å². The molecule has 0 spiro atoms. The van der Waals surface area contributed by atoms with Gasteiger partial charge in [-0.25, -0.2) is 0 Å². The Morgan fingerprint density at radius 3 is 0.786 bits per heavy atom. The third-order valence-corrected chi connectivity index (χ3v) is 12.6. The van der Waals surface area contributed by atoms with Crippen LogP contribution in [0, 0.1) is 0 Å². The fraction of sp³-hybridized carbons (Fsp3) is 1.00. The number of nitrogens with two attached hydrogens (primary N) is 4. The molecule has 0 aliphatic carbocycles. The van der Waals surface area contributed by atoms with Crippen molar-refractivity contribution in [2.75, 3.05) is 104 Å². The van der Waals surface area contributed by atoms with Crippen molar-refractivity contribution in [3.05, 3.63) is 0 Å². The Morgan fingerprint density at radius 1 is 0.357 bits per heavy atom. The largest absolute Gasteiger partial charge is 0.331 e. The van der Waals surface area contributed by atoms with Crippen LogP contribution in [0.1, 0.15) is 129 Å². The summed E-state index contributed by atoms with van der Waals surface area (Å²) in [5, 5.41) is 0. The molecule has 0 heterocycles. The van der Waals surface area contributed by atoms with Crippen LogP contribution in [-0.4, -0.2) is 114 Å². The van der Waals surface area contributed by atoms with Gasteiger partial charge in [0.15, 0.2) is 0 Å². The first kappa shape index (κ1) is 72.3. The van der Waals surface area contributed by atoms with E-state index in [9.17, 15) is 9.13 Å². The van der Waals surface area contributed by atoms with Crippen LogP contribution < -0.4 is 22.9 Å². The number of unbranched alkanes of at least 4 members (excludes halogenated alkanes) is 15. The summed E-state index contributed by atoms with van der Waals surface area (Å²) in [6, 6.07) is 0. The molecule has 12 nitrogen and oxygen atoms in total. The van der Waals surface area contributed by atoms with Gasteiger partial charge in [0, 0.05) is 65.4 Å². The predicted octanol–water partition coefficient (Wildman–Crippen LogP) is 9.47. The number of hydrogen-bond donors (Lipinski definition) is 4. The van der Waals surface area contributed by atoms with Gasteiger partial charge in [-0.05, 0) is 25.7 Å². The molecule has 56 heavy (non-hydrogen) atoms. The summed E-state index contributed by atoms with van der Waals surface area (Å²) in [5.74, 6) is 0. The van der Waals surface area contributed by atoms with Crippen LogP contribution in [0.5, 0.6) is 0 Å². The lowest BCUT2D eigenvalue weighted by Gasteiger charge is -2.24. The Kier molecular flexibility index (Phi) is 68.3. The van der Waals surface area contributed by atoms with Crippen molar-refractivity contribution in [3.63, 3.8) is 0 Å². The molecule has 0 aromatic rings. The lowest BCUT2D eigenvalue weighted by molar-refractivity contribution is 0.190. The van der Waals surface area contributed by atoms with Gasteiger partial charge < -0.3 is 50.8 Å². The quantitative estimate of drug-likeness (QED) is 0.0337. The fourth-order valence-corrected chi connectivity index (χ4v) is 9.10. The maximum absolute atomic E-state index is 13.6. The zero-order valence-electron chi connectivity index (χ0n) is 35.0. The summed E-state index contributed by atoms with van der Waals surface area (Å²) >= 11 is 0. The van der Waals surface area contributed by atoms with E-state index in [4.69, 9.17) is 41.0 Å². The van der Waals surface area contributed by atoms with Crippen LogP contribution in [0.15, 0.2) is 0 Å². The van der Waals surface area contributed by atoms with Crippen molar-refractivity contribution < 1.29 is 27.2 Å². The second-order valence-electron chi connectivity index (χ2n) is 13.5. The van der Waals surface area contributed by atoms with E-state index in [1.807, 2.05) is 0 Å². The molecule has 0 rings (SSSR count). The number of rotatable bonds is 41. The number of hydrogen-bond acceptors (Lipinski definition) is 12. The summed E-state index contributed by atoms with van der Waals surface area (Å²) in [7, 11) is -6.40. The Balaban J connectivity index is -0.000000800. The molecule has 0 bridgehead atoms. The van der Waals surface area contributed by atoms with Gasteiger partial charge in [-0.3, -0.25) is 9.13 Å². The normalized spacial score (nSPS) is 12.9. The summed E-state index contributed by atoms with van der Waals surface area (Å²) in [4.78, 5) is 4.26. The topological polar surface area (TPSA) is 182 Å². The van der Waals surface area contributed by atoms with E-state index < -0.39 is 15.2 Å². The lowest BCUT2D eigenvalue weighted by Crippen LogP contribution is -2.36. The molecule has 0 fully saturated rings. The van der Waals surface area contributed by atoms with Crippen molar-refractivity contribution in [1.29, 1.82) is 0 Å². The van der Waals surface area contributed by atoms with Gasteiger partial charge >= 0.3 is 15.2 Å². The van der Waals surface area contributed by atoms with E-state index >= 15 is 0 Å². The average molecular weight is 976 g/mol. The second-order valence-corrected chi connectivity index (χ2v) is 17.9. The van der Waals surface area contributed by atoms with E-state index in [2.05, 4.69) is 23.6 Å². The van der Waals surface area contributed by atoms with Crippen LogP contribution in [0.4, 0.5) is 0 Å². The van der Waals surface area contributed by atoms with Gasteiger partial charge in [0.2, 0.25) is 0 Å². The summed E-state index contributed by atoms with van der Waals surface area (Å²) in [6.07, 6.45) is 20.2. The van der Waals surface area contributed by atoms with E-state index in [0.29, 0.717) is 104 Å². The molecular formula is C36H88Cl6N6O6P2. The van der Waals surface area contributed by atoms with Crippen molar-refractivity contribution in [1.82, 2.24) is 9.80 Å². The molecule has 0 aromatic heterocycles. The van der Waals surface area contributed by atoms with Crippen LogP contribution >= 0.6 is 89.6 Å². The summed E-state index contributed by atoms with van der Waals surface area (Å²) < 4.78 is 51.1. The van der Waals surface area contributed by atoms with E-state index in [0.717, 1.165) is 64.2 Å². The van der Waals surface area contributed by atoms with Crippen molar-refractivity contribution in [2.45, 2.75) is 129 Å². The van der Waals surface area contributed by atoms with Gasteiger partial charge in [0.25, 0.3) is 0 Å². The first-order chi connectivity index (χ1) is 24.3. The van der Waals surface area contributed by atoms with Crippen molar-refractivity contribution >= 4 is 89.6 Å². The molecule has 0 aliphatic rings. The summed E-state index contributed by atoms with van der Waals surface area (Å²) in [6.45, 7) is 12.4. The zero-order valence-corrected chi connectivity index (χ0v) is 41.7. The Bertz CT molecular complexity index is 771. The molecule has 0 aromatic carbocycles. The predicted molar refractivity (Wildman–Crippen MR) is 256 cm³/mol. The molecule has 0 radical (unpaired) electrons. The second kappa shape index (κ2) is 52.9. The van der Waals surface area contributed by atoms with E-state index in [1.165, 1.54) is 51.4 Å². The van der Waals surface area contributed by atoms with E-state index in [-0.39, 0.29) is 74.4 Å². The SMILES string of the molecule is CCCCCCCCOP(=O)(CCN(CCN)CCN)OCCCCCCCCOP(=O)(CCN(CCN)CCN)OCCCCCCCC.Cl.Cl.Cl.Cl.Cl.Cl. The maximum Gasteiger partial charge on any atom is 0.331 e. The maximum atomic E-state index is 13.6. The fourth-order valence-electron chi connectivity index (χ4n) is 5.75. The molecule has 350 valence electrons. The highest BCUT2D eigenvalue weighted by molar-refractivity contribution is 7.54. The minimum Gasteiger partial charge on any atom is -0.329 e. The molecule has 0 saturated carbocycles. The standard InChI is InChI=1S/C36H82N6O6P2.6ClH/c1-3-5-7-9-13-17-31-45-49(43,35-29-41(25-21-37)26-22-38)47-33-19-15-11-12-16-20-34-48-50(44,36-30-42(27-23-39)28-24-40)46-32-18-14-10-8-6-4-2;;;;;;/h3-40H2,1-2H3;6*1H. The molecule has 0 saturated heterocycles. The Morgan fingerprint density at radius 2 is 0.571 bits per heavy atom. The highest BCUT2D eigenvalue weighted by atomic mass is 35.5. The number of nitrogens with zero attached hydrogens (tertiary/aromatic N) is 2. The minimum atomic E-state index is -3.20. The van der Waals surface area contributed by atoms with Crippen LogP contribution in [-0.2, 0) is 27.2 Å². The van der Waals surface area contributed by atoms with Crippen LogP contribution in [0.2, 0.25) is 0 Å². The Hall–Kier alpha value is 1.80. The molecule has 8 N–H and O–H groups in total. The highest BCUT2D eigenvalue weighted by Crippen LogP contribution is 2.49. The third kappa shape index (κ3) is 45.3. The van der Waals surface area contributed by atoms with Gasteiger partial charge in [0.05, 0.1) is 38.8 Å². The average Bonchev–Trinajstić information content (AvgIpc) is 3.10. The molecule has 20 heteroatoms. The first-order valence-electron chi connectivity index (χ1n) is 20.3. The van der Waals surface area contributed by atoms with Crippen LogP contribution in [0.3, 0.4) is 0 Å². The van der Waals surface area contributed by atoms with Gasteiger partial charge in [0.1, 0.15) is 0 Å². The monoisotopic (exact) mass is 972 g/mol. The van der Waals surface area contributed by atoms with Gasteiger partial charge in [-0.15, -0.1) is 74.4 Å². The van der Waals surface area contributed by atoms with Crippen LogP contribution in [0.25, 0.3) is 0 Å². The lowest BCUT2D eigenvalue weighted by atomic mass is 10.1. The molecular weight excluding hydrogens is 887 g/mol. The zero-order chi connectivity index (χ0) is 37.0. The molecule has 0 aliphatic heterocycles. The van der Waals surface area contributed by atoms with Gasteiger partial charge in [-0.2, -0.15) is 0 Å². The molecule has 2 unspecified atom stereocenters. The summed E-state index contributed by atoms with van der Waals surface area (Å²) in [5.41, 5.74) is 23.0. The Labute approximate surface area is 381 Å². The first-order valence-corrected chi connectivity index (χ1v) is 23.8. The van der Waals surface area contributed by atoms with Gasteiger partial charge in [-0.1, -0.05) is 104 Å². The smallest absolute Gasteiger partial charge is 0.329 e. The molecule has 2 atom stereocenters. The highest BCUT2D eigenvalue weighted by Gasteiger charge is 2.26. The minimum absolute atomic E-state index is 0. The number of halogens is 6. The van der Waals surface area contributed by atoms with Crippen molar-refractivity contribution in [2.24, 2.45) is 22.9 Å². The van der Waals surface area contributed by atoms with E-state index in [1.54, 1.807) is 0 Å².